The molecule has 5 rings (SSSR count). The van der Waals surface area contributed by atoms with Crippen LogP contribution in [0.1, 0.15) is 80.1 Å². The quantitative estimate of drug-likeness (QED) is 0.242. The van der Waals surface area contributed by atoms with Crippen LogP contribution in [0.25, 0.3) is 0 Å². The Morgan fingerprint density at radius 2 is 1.81 bits per heavy atom. The second kappa shape index (κ2) is 11.9. The van der Waals surface area contributed by atoms with Crippen molar-refractivity contribution < 1.29 is 13.2 Å². The fourth-order valence-corrected chi connectivity index (χ4v) is 7.05. The zero-order valence-corrected chi connectivity index (χ0v) is 25.9. The molecule has 0 fully saturated rings. The van der Waals surface area contributed by atoms with Gasteiger partial charge in [0, 0.05) is 37.6 Å². The average Bonchev–Trinajstić information content (AvgIpc) is 3.37. The maximum atomic E-state index is 14.0. The Bertz CT molecular complexity index is 1660. The van der Waals surface area contributed by atoms with Crippen molar-refractivity contribution in [2.24, 2.45) is 7.05 Å². The topological polar surface area (TPSA) is 84.3 Å². The van der Waals surface area contributed by atoms with Crippen molar-refractivity contribution in [3.05, 3.63) is 113 Å². The molecular weight excluding hydrogens is 544 g/mol. The highest BCUT2D eigenvalue weighted by Gasteiger charge is 2.35. The molecule has 1 aliphatic rings. The monoisotopic (exact) mass is 584 g/mol. The van der Waals surface area contributed by atoms with E-state index in [2.05, 4.69) is 36.5 Å². The van der Waals surface area contributed by atoms with E-state index in [0.717, 1.165) is 40.2 Å². The molecule has 1 heterocycles. The molecule has 3 aromatic carbocycles. The van der Waals surface area contributed by atoms with Crippen LogP contribution in [0.2, 0.25) is 0 Å². The number of rotatable bonds is 9. The van der Waals surface area contributed by atoms with Gasteiger partial charge in [-0.3, -0.25) is 4.79 Å². The first-order chi connectivity index (χ1) is 19.9. The Hall–Kier alpha value is -3.75. The number of aromatic nitrogens is 2. The molecule has 0 aliphatic heterocycles. The van der Waals surface area contributed by atoms with Gasteiger partial charge in [0.15, 0.2) is 0 Å². The van der Waals surface area contributed by atoms with E-state index in [9.17, 15) is 13.2 Å². The van der Waals surface area contributed by atoms with Crippen LogP contribution in [-0.4, -0.2) is 23.9 Å². The zero-order valence-electron chi connectivity index (χ0n) is 25.0. The predicted molar refractivity (Wildman–Crippen MR) is 167 cm³/mol. The molecule has 220 valence electrons. The lowest BCUT2D eigenvalue weighted by atomic mass is 9.71. The van der Waals surface area contributed by atoms with Crippen molar-refractivity contribution >= 4 is 21.6 Å². The van der Waals surface area contributed by atoms with Crippen LogP contribution < -0.4 is 9.62 Å². The molecule has 0 saturated heterocycles. The van der Waals surface area contributed by atoms with Gasteiger partial charge in [-0.25, -0.2) is 18.1 Å². The van der Waals surface area contributed by atoms with Crippen LogP contribution >= 0.6 is 0 Å². The van der Waals surface area contributed by atoms with Crippen LogP contribution in [0.3, 0.4) is 0 Å². The molecule has 0 radical (unpaired) electrons. The van der Waals surface area contributed by atoms with Gasteiger partial charge in [0.2, 0.25) is 15.9 Å². The summed E-state index contributed by atoms with van der Waals surface area (Å²) in [6.07, 6.45) is 5.43. The molecule has 0 spiro atoms. The lowest BCUT2D eigenvalue weighted by Gasteiger charge is -2.38. The van der Waals surface area contributed by atoms with E-state index >= 15 is 0 Å². The lowest BCUT2D eigenvalue weighted by molar-refractivity contribution is -0.119. The summed E-state index contributed by atoms with van der Waals surface area (Å²) < 4.78 is 31.8. The van der Waals surface area contributed by atoms with E-state index in [0.29, 0.717) is 19.4 Å². The first-order valence-corrected chi connectivity index (χ1v) is 16.0. The number of carbonyl (C=O) groups is 1. The van der Waals surface area contributed by atoms with Crippen LogP contribution in [-0.2, 0) is 33.8 Å². The lowest BCUT2D eigenvalue weighted by Crippen LogP contribution is -2.37. The number of hydrogen-bond acceptors (Lipinski definition) is 4. The highest BCUT2D eigenvalue weighted by Crippen LogP contribution is 2.43. The molecular formula is C34H40N4O3S. The van der Waals surface area contributed by atoms with Crippen LogP contribution in [0.15, 0.2) is 90.1 Å². The Balaban J connectivity index is 1.51. The molecule has 1 aromatic heterocycles. The number of carbonyl (C=O) groups excluding carboxylic acids is 1. The van der Waals surface area contributed by atoms with Crippen molar-refractivity contribution in [2.75, 3.05) is 4.90 Å². The number of fused-ring (bicyclic) bond motifs is 1. The number of nitrogens with one attached hydrogen (secondary N) is 1. The van der Waals surface area contributed by atoms with E-state index in [4.69, 9.17) is 0 Å². The van der Waals surface area contributed by atoms with Gasteiger partial charge in [-0.05, 0) is 72.1 Å². The minimum Gasteiger partial charge on any atom is -0.337 e. The molecule has 7 nitrogen and oxygen atoms in total. The Labute approximate surface area is 249 Å². The third kappa shape index (κ3) is 6.35. The molecule has 1 amide bonds. The highest BCUT2D eigenvalue weighted by atomic mass is 32.2. The molecule has 8 heteroatoms. The molecule has 42 heavy (non-hydrogen) atoms. The SMILES string of the molecule is Cc1ccc(S(=O)(=O)N[C@@H]2CCC(C)(C)c3ccc(N(Cc4nccn4C)C(=O)C[C@@H](C)c4ccccc4)cc32)cc1. The van der Waals surface area contributed by atoms with Gasteiger partial charge in [0.1, 0.15) is 5.82 Å². The van der Waals surface area contributed by atoms with Gasteiger partial charge >= 0.3 is 0 Å². The largest absolute Gasteiger partial charge is 0.337 e. The van der Waals surface area contributed by atoms with E-state index < -0.39 is 16.1 Å². The second-order valence-corrected chi connectivity index (χ2v) is 13.8. The summed E-state index contributed by atoms with van der Waals surface area (Å²) in [7, 11) is -1.82. The molecule has 1 N–H and O–H groups in total. The average molecular weight is 585 g/mol. The molecule has 1 aliphatic carbocycles. The highest BCUT2D eigenvalue weighted by molar-refractivity contribution is 7.89. The Morgan fingerprint density at radius 3 is 2.48 bits per heavy atom. The first kappa shape index (κ1) is 29.7. The number of nitrogens with zero attached hydrogens (tertiary/aromatic N) is 3. The molecule has 4 aromatic rings. The molecule has 0 bridgehead atoms. The minimum atomic E-state index is -3.74. The van der Waals surface area contributed by atoms with Crippen LogP contribution in [0.4, 0.5) is 5.69 Å². The molecule has 0 saturated carbocycles. The summed E-state index contributed by atoms with van der Waals surface area (Å²) in [5.74, 6) is 0.791. The second-order valence-electron chi connectivity index (χ2n) is 12.1. The maximum absolute atomic E-state index is 14.0. The summed E-state index contributed by atoms with van der Waals surface area (Å²) in [5.41, 5.74) is 4.72. The van der Waals surface area contributed by atoms with Gasteiger partial charge in [-0.1, -0.05) is 74.9 Å². The maximum Gasteiger partial charge on any atom is 0.241 e. The van der Waals surface area contributed by atoms with Gasteiger partial charge in [-0.2, -0.15) is 0 Å². The summed E-state index contributed by atoms with van der Waals surface area (Å²) >= 11 is 0. The van der Waals surface area contributed by atoms with E-state index in [1.165, 1.54) is 0 Å². The van der Waals surface area contributed by atoms with Crippen molar-refractivity contribution in [2.45, 2.75) is 75.8 Å². The van der Waals surface area contributed by atoms with Gasteiger partial charge < -0.3 is 9.47 Å². The predicted octanol–water partition coefficient (Wildman–Crippen LogP) is 6.55. The van der Waals surface area contributed by atoms with Crippen molar-refractivity contribution in [1.82, 2.24) is 14.3 Å². The third-order valence-electron chi connectivity index (χ3n) is 8.51. The van der Waals surface area contributed by atoms with Crippen LogP contribution in [0, 0.1) is 6.92 Å². The smallest absolute Gasteiger partial charge is 0.241 e. The fourth-order valence-electron chi connectivity index (χ4n) is 5.80. The van der Waals surface area contributed by atoms with Crippen LogP contribution in [0.5, 0.6) is 0 Å². The van der Waals surface area contributed by atoms with E-state index in [1.807, 2.05) is 79.3 Å². The number of amides is 1. The number of sulfonamides is 1. The van der Waals surface area contributed by atoms with Gasteiger partial charge in [0.05, 0.1) is 11.4 Å². The summed E-state index contributed by atoms with van der Waals surface area (Å²) in [6, 6.07) is 22.6. The Morgan fingerprint density at radius 1 is 1.10 bits per heavy atom. The zero-order chi connectivity index (χ0) is 30.1. The number of benzene rings is 3. The molecule has 2 atom stereocenters. The first-order valence-electron chi connectivity index (χ1n) is 14.5. The minimum absolute atomic E-state index is 0.0128. The normalized spacial score (nSPS) is 16.9. The standard InChI is InChI=1S/C34H40N4O3S/c1-24-11-14-28(15-12-24)42(40,41)36-31-17-18-34(3,4)30-16-13-27(22-29(30)31)38(23-32-35-19-20-37(32)5)33(39)21-25(2)26-9-7-6-8-10-26/h6-16,19-20,22,25,31,36H,17-18,21,23H2,1-5H3/t25-,31-/m1/s1. The van der Waals surface area contributed by atoms with E-state index in [1.54, 1.807) is 23.2 Å². The number of aryl methyl sites for hydroxylation is 2. The number of hydrogen-bond donors (Lipinski definition) is 1. The summed E-state index contributed by atoms with van der Waals surface area (Å²) in [6.45, 7) is 8.69. The fraction of sp³-hybridized carbons (Fsp3) is 0.353. The Kier molecular flexibility index (Phi) is 8.39. The van der Waals surface area contributed by atoms with Crippen molar-refractivity contribution in [3.63, 3.8) is 0 Å². The number of imidazole rings is 1. The van der Waals surface area contributed by atoms with E-state index in [-0.39, 0.29) is 22.1 Å². The molecule has 0 unspecified atom stereocenters. The van der Waals surface area contributed by atoms with Gasteiger partial charge in [0.25, 0.3) is 0 Å². The third-order valence-corrected chi connectivity index (χ3v) is 10.00. The summed E-state index contributed by atoms with van der Waals surface area (Å²) in [5, 5.41) is 0. The number of anilines is 1. The van der Waals surface area contributed by atoms with Gasteiger partial charge in [-0.15, -0.1) is 0 Å². The summed E-state index contributed by atoms with van der Waals surface area (Å²) in [4.78, 5) is 20.5. The van der Waals surface area contributed by atoms with Crippen molar-refractivity contribution in [1.29, 1.82) is 0 Å². The van der Waals surface area contributed by atoms with Crippen molar-refractivity contribution in [3.8, 4) is 0 Å².